The predicted molar refractivity (Wildman–Crippen MR) is 103 cm³/mol. The van der Waals surface area contributed by atoms with Gasteiger partial charge in [0.25, 0.3) is 11.5 Å². The molecule has 26 heavy (non-hydrogen) atoms. The number of para-hydroxylation sites is 1. The van der Waals surface area contributed by atoms with E-state index in [-0.39, 0.29) is 24.1 Å². The van der Waals surface area contributed by atoms with Crippen molar-refractivity contribution in [3.63, 3.8) is 0 Å². The lowest BCUT2D eigenvalue weighted by atomic mass is 10.2. The van der Waals surface area contributed by atoms with Gasteiger partial charge in [0, 0.05) is 10.7 Å². The third kappa shape index (κ3) is 4.09. The smallest absolute Gasteiger partial charge is 0.279 e. The summed E-state index contributed by atoms with van der Waals surface area (Å²) in [7, 11) is 1.89. The molecule has 6 nitrogen and oxygen atoms in total. The lowest BCUT2D eigenvalue weighted by molar-refractivity contribution is -0.902. The Kier molecular flexibility index (Phi) is 5.35. The van der Waals surface area contributed by atoms with Gasteiger partial charge >= 0.3 is 0 Å². The third-order valence-corrected chi connectivity index (χ3v) is 4.60. The number of hydrogen-bond donors (Lipinski definition) is 3. The Morgan fingerprint density at radius 1 is 1.23 bits per heavy atom. The van der Waals surface area contributed by atoms with E-state index in [4.69, 9.17) is 11.6 Å². The van der Waals surface area contributed by atoms with E-state index in [0.717, 1.165) is 4.90 Å². The first-order valence-electron chi connectivity index (χ1n) is 8.30. The minimum atomic E-state index is -0.170. The summed E-state index contributed by atoms with van der Waals surface area (Å²) in [5.74, 6) is 0.435. The summed E-state index contributed by atoms with van der Waals surface area (Å²) in [6, 6.07) is 14.0. The van der Waals surface area contributed by atoms with E-state index in [1.54, 1.807) is 36.4 Å². The van der Waals surface area contributed by atoms with Gasteiger partial charge in [0.05, 0.1) is 18.0 Å². The van der Waals surface area contributed by atoms with Gasteiger partial charge in [-0.25, -0.2) is 4.98 Å². The number of likely N-dealkylation sites (N-methyl/N-ethyl adjacent to an activating group) is 1. The van der Waals surface area contributed by atoms with Crippen LogP contribution in [0.25, 0.3) is 10.9 Å². The maximum absolute atomic E-state index is 12.3. The molecular formula is C19H20ClN4O2+. The molecule has 3 N–H and O–H groups in total. The number of amides is 1. The standard InChI is InChI=1S/C19H19ClN4O2/c1-12(18-22-16-6-4-3-5-15(16)19(26)23-18)24(2)11-17(25)21-14-9-7-13(20)8-10-14/h3-10,12H,11H2,1-2H3,(H,21,25)(H,22,23,26)/p+1/t12-/m0/s1. The van der Waals surface area contributed by atoms with Crippen LogP contribution in [0.5, 0.6) is 0 Å². The van der Waals surface area contributed by atoms with Gasteiger partial charge in [-0.15, -0.1) is 0 Å². The zero-order valence-corrected chi connectivity index (χ0v) is 15.3. The highest BCUT2D eigenvalue weighted by Crippen LogP contribution is 2.13. The molecule has 1 unspecified atom stereocenters. The van der Waals surface area contributed by atoms with E-state index >= 15 is 0 Å². The number of carbonyl (C=O) groups excluding carboxylic acids is 1. The Hall–Kier alpha value is -2.70. The van der Waals surface area contributed by atoms with Gasteiger partial charge in [0.2, 0.25) is 0 Å². The van der Waals surface area contributed by atoms with Crippen LogP contribution in [0.4, 0.5) is 5.69 Å². The number of anilines is 1. The summed E-state index contributed by atoms with van der Waals surface area (Å²) in [5, 5.41) is 4.01. The highest BCUT2D eigenvalue weighted by atomic mass is 35.5. The number of nitrogens with zero attached hydrogens (tertiary/aromatic N) is 1. The second-order valence-electron chi connectivity index (χ2n) is 6.27. The molecule has 1 aromatic heterocycles. The Labute approximate surface area is 155 Å². The minimum absolute atomic E-state index is 0.125. The monoisotopic (exact) mass is 371 g/mol. The molecule has 7 heteroatoms. The van der Waals surface area contributed by atoms with Gasteiger partial charge in [-0.3, -0.25) is 9.59 Å². The molecule has 0 aliphatic carbocycles. The summed E-state index contributed by atoms with van der Waals surface area (Å²) in [6.07, 6.45) is 0. The van der Waals surface area contributed by atoms with E-state index in [1.165, 1.54) is 0 Å². The number of hydrogen-bond acceptors (Lipinski definition) is 3. The highest BCUT2D eigenvalue weighted by Gasteiger charge is 2.21. The Balaban J connectivity index is 1.71. The van der Waals surface area contributed by atoms with Crippen LogP contribution in [0, 0.1) is 0 Å². The number of fused-ring (bicyclic) bond motifs is 1. The van der Waals surface area contributed by atoms with Gasteiger partial charge in [0.15, 0.2) is 12.4 Å². The molecule has 3 rings (SSSR count). The van der Waals surface area contributed by atoms with E-state index < -0.39 is 0 Å². The quantitative estimate of drug-likeness (QED) is 0.639. The maximum Gasteiger partial charge on any atom is 0.279 e. The normalized spacial score (nSPS) is 13.3. The van der Waals surface area contributed by atoms with E-state index in [1.807, 2.05) is 26.1 Å². The first kappa shape index (κ1) is 18.1. The zero-order valence-electron chi connectivity index (χ0n) is 14.5. The fraction of sp³-hybridized carbons (Fsp3) is 0.211. The van der Waals surface area contributed by atoms with Crippen LogP contribution in [0.1, 0.15) is 18.8 Å². The molecule has 2 aromatic carbocycles. The third-order valence-electron chi connectivity index (χ3n) is 4.35. The van der Waals surface area contributed by atoms with Crippen LogP contribution in [0.3, 0.4) is 0 Å². The van der Waals surface area contributed by atoms with Crippen LogP contribution in [-0.4, -0.2) is 29.5 Å². The highest BCUT2D eigenvalue weighted by molar-refractivity contribution is 6.30. The van der Waals surface area contributed by atoms with Crippen LogP contribution in [0.2, 0.25) is 5.02 Å². The number of aromatic nitrogens is 2. The molecule has 1 heterocycles. The SMILES string of the molecule is C[C@@H](c1nc2ccccc2c(=O)[nH]1)[NH+](C)CC(=O)Nc1ccc(Cl)cc1. The topological polar surface area (TPSA) is 79.3 Å². The van der Waals surface area contributed by atoms with Crippen molar-refractivity contribution in [3.05, 3.63) is 69.7 Å². The average molecular weight is 372 g/mol. The summed E-state index contributed by atoms with van der Waals surface area (Å²) >= 11 is 5.84. The number of carbonyl (C=O) groups is 1. The number of quaternary nitrogens is 1. The van der Waals surface area contributed by atoms with E-state index in [2.05, 4.69) is 15.3 Å². The number of benzene rings is 2. The average Bonchev–Trinajstić information content (AvgIpc) is 2.63. The molecule has 1 amide bonds. The van der Waals surface area contributed by atoms with Crippen LogP contribution in [0.15, 0.2) is 53.3 Å². The first-order valence-corrected chi connectivity index (χ1v) is 8.68. The minimum Gasteiger partial charge on any atom is -0.321 e. The molecule has 0 aliphatic heterocycles. The van der Waals surface area contributed by atoms with Crippen molar-refractivity contribution in [1.29, 1.82) is 0 Å². The van der Waals surface area contributed by atoms with Crippen LogP contribution in [-0.2, 0) is 4.79 Å². The Morgan fingerprint density at radius 2 is 1.92 bits per heavy atom. The zero-order chi connectivity index (χ0) is 18.7. The second-order valence-corrected chi connectivity index (χ2v) is 6.70. The summed E-state index contributed by atoms with van der Waals surface area (Å²) < 4.78 is 0. The first-order chi connectivity index (χ1) is 12.4. The molecule has 134 valence electrons. The maximum atomic E-state index is 12.3. The summed E-state index contributed by atoms with van der Waals surface area (Å²) in [4.78, 5) is 32.8. The molecule has 0 fully saturated rings. The van der Waals surface area contributed by atoms with E-state index in [0.29, 0.717) is 27.4 Å². The molecule has 0 bridgehead atoms. The van der Waals surface area contributed by atoms with Gasteiger partial charge in [-0.2, -0.15) is 0 Å². The molecule has 2 atom stereocenters. The number of halogens is 1. The fourth-order valence-electron chi connectivity index (χ4n) is 2.69. The van der Waals surface area contributed by atoms with Crippen molar-refractivity contribution in [1.82, 2.24) is 9.97 Å². The number of rotatable bonds is 5. The summed E-state index contributed by atoms with van der Waals surface area (Å²) in [6.45, 7) is 2.16. The van der Waals surface area contributed by atoms with Crippen molar-refractivity contribution in [2.75, 3.05) is 18.9 Å². The largest absolute Gasteiger partial charge is 0.321 e. The molecule has 3 aromatic rings. The number of H-pyrrole nitrogens is 1. The predicted octanol–water partition coefficient (Wildman–Crippen LogP) is 1.79. The molecule has 0 radical (unpaired) electrons. The summed E-state index contributed by atoms with van der Waals surface area (Å²) in [5.41, 5.74) is 1.17. The van der Waals surface area contributed by atoms with Crippen molar-refractivity contribution in [2.24, 2.45) is 0 Å². The molecule has 0 saturated heterocycles. The second kappa shape index (κ2) is 7.68. The number of aromatic amines is 1. The van der Waals surface area contributed by atoms with Gasteiger partial charge in [0.1, 0.15) is 6.04 Å². The van der Waals surface area contributed by atoms with Crippen molar-refractivity contribution < 1.29 is 9.69 Å². The van der Waals surface area contributed by atoms with E-state index in [9.17, 15) is 9.59 Å². The number of nitrogens with one attached hydrogen (secondary N) is 3. The van der Waals surface area contributed by atoms with Crippen molar-refractivity contribution in [3.8, 4) is 0 Å². The van der Waals surface area contributed by atoms with Crippen molar-refractivity contribution >= 4 is 34.1 Å². The van der Waals surface area contributed by atoms with Gasteiger partial charge < -0.3 is 15.2 Å². The molecule has 0 saturated carbocycles. The molecule has 0 aliphatic rings. The van der Waals surface area contributed by atoms with Crippen LogP contribution < -0.4 is 15.8 Å². The lowest BCUT2D eigenvalue weighted by Crippen LogP contribution is -3.10. The molecular weight excluding hydrogens is 352 g/mol. The lowest BCUT2D eigenvalue weighted by Gasteiger charge is -2.20. The van der Waals surface area contributed by atoms with Crippen LogP contribution >= 0.6 is 11.6 Å². The van der Waals surface area contributed by atoms with Gasteiger partial charge in [-0.1, -0.05) is 23.7 Å². The van der Waals surface area contributed by atoms with Crippen molar-refractivity contribution in [2.45, 2.75) is 13.0 Å². The Bertz CT molecular complexity index is 985. The fourth-order valence-corrected chi connectivity index (χ4v) is 2.81. The molecule has 0 spiro atoms. The van der Waals surface area contributed by atoms with Gasteiger partial charge in [-0.05, 0) is 43.3 Å². The Morgan fingerprint density at radius 3 is 2.65 bits per heavy atom.